The smallest absolute Gasteiger partial charge is 0.324 e. The highest BCUT2D eigenvalue weighted by molar-refractivity contribution is 6.31. The lowest BCUT2D eigenvalue weighted by molar-refractivity contribution is -0.117. The van der Waals surface area contributed by atoms with Crippen molar-refractivity contribution in [2.75, 3.05) is 5.32 Å². The van der Waals surface area contributed by atoms with Gasteiger partial charge in [-0.25, -0.2) is 18.9 Å². The second kappa shape index (κ2) is 6.85. The molecule has 4 rings (SSSR count). The van der Waals surface area contributed by atoms with Crippen LogP contribution in [0.1, 0.15) is 12.5 Å². The van der Waals surface area contributed by atoms with E-state index < -0.39 is 5.69 Å². The minimum absolute atomic E-state index is 0.189. The number of aromatic nitrogens is 4. The van der Waals surface area contributed by atoms with E-state index in [1.54, 1.807) is 18.2 Å². The number of carbonyl (C=O) groups excluding carboxylic acids is 1. The monoisotopic (exact) mass is 381 g/mol. The maximum atomic E-state index is 12.5. The highest BCUT2D eigenvalue weighted by Gasteiger charge is 2.14. The summed E-state index contributed by atoms with van der Waals surface area (Å²) in [4.78, 5) is 29.1. The van der Waals surface area contributed by atoms with Crippen LogP contribution in [0.15, 0.2) is 53.6 Å². The molecule has 1 N–H and O–H groups in total. The van der Waals surface area contributed by atoms with Gasteiger partial charge in [-0.1, -0.05) is 30.7 Å². The van der Waals surface area contributed by atoms with Crippen molar-refractivity contribution in [3.8, 4) is 0 Å². The van der Waals surface area contributed by atoms with E-state index in [-0.39, 0.29) is 12.5 Å². The highest BCUT2D eigenvalue weighted by atomic mass is 35.5. The van der Waals surface area contributed by atoms with E-state index >= 15 is 0 Å². The molecule has 136 valence electrons. The van der Waals surface area contributed by atoms with Gasteiger partial charge in [-0.2, -0.15) is 0 Å². The second-order valence-electron chi connectivity index (χ2n) is 6.14. The normalized spacial score (nSPS) is 11.2. The molecule has 0 saturated heterocycles. The van der Waals surface area contributed by atoms with Gasteiger partial charge in [-0.05, 0) is 42.3 Å². The summed E-state index contributed by atoms with van der Waals surface area (Å²) in [7, 11) is 0. The first-order chi connectivity index (χ1) is 13.0. The van der Waals surface area contributed by atoms with E-state index in [9.17, 15) is 9.59 Å². The minimum atomic E-state index is -0.424. The first-order valence-corrected chi connectivity index (χ1v) is 8.85. The summed E-state index contributed by atoms with van der Waals surface area (Å²) >= 11 is 5.99. The molecule has 0 spiro atoms. The Labute approximate surface area is 159 Å². The number of hydrogen-bond donors (Lipinski definition) is 1. The van der Waals surface area contributed by atoms with Crippen LogP contribution in [0.3, 0.4) is 0 Å². The van der Waals surface area contributed by atoms with Crippen molar-refractivity contribution >= 4 is 39.7 Å². The molecule has 0 aliphatic heterocycles. The Morgan fingerprint density at radius 2 is 2.07 bits per heavy atom. The van der Waals surface area contributed by atoms with Crippen LogP contribution in [-0.4, -0.2) is 25.1 Å². The van der Waals surface area contributed by atoms with E-state index in [2.05, 4.69) is 15.4 Å². The molecule has 7 nitrogen and oxygen atoms in total. The standard InChI is InChI=1S/C19H16ClN5O2/c1-2-12-4-3-5-14(8-12)22-17(26)10-25-19(27)24-11-21-16-9-13(20)6-7-15(16)18(24)23-25/h3-9,11H,2,10H2,1H3,(H,22,26). The molecule has 0 radical (unpaired) electrons. The predicted octanol–water partition coefficient (Wildman–Crippen LogP) is 2.90. The summed E-state index contributed by atoms with van der Waals surface area (Å²) in [5, 5.41) is 8.35. The van der Waals surface area contributed by atoms with Crippen LogP contribution in [-0.2, 0) is 17.8 Å². The fourth-order valence-electron chi connectivity index (χ4n) is 2.94. The highest BCUT2D eigenvalue weighted by Crippen LogP contribution is 2.19. The average Bonchev–Trinajstić information content (AvgIpc) is 2.97. The number of nitrogens with one attached hydrogen (secondary N) is 1. The second-order valence-corrected chi connectivity index (χ2v) is 6.58. The number of fused-ring (bicyclic) bond motifs is 3. The lowest BCUT2D eigenvalue weighted by Crippen LogP contribution is -2.28. The fraction of sp³-hybridized carbons (Fsp3) is 0.158. The third-order valence-electron chi connectivity index (χ3n) is 4.30. The van der Waals surface area contributed by atoms with Gasteiger partial charge < -0.3 is 5.32 Å². The molecule has 2 heterocycles. The predicted molar refractivity (Wildman–Crippen MR) is 104 cm³/mol. The van der Waals surface area contributed by atoms with Crippen molar-refractivity contribution in [3.63, 3.8) is 0 Å². The summed E-state index contributed by atoms with van der Waals surface area (Å²) in [5.74, 6) is -0.325. The van der Waals surface area contributed by atoms with Gasteiger partial charge in [0.25, 0.3) is 0 Å². The topological polar surface area (TPSA) is 81.3 Å². The number of halogens is 1. The van der Waals surface area contributed by atoms with Crippen molar-refractivity contribution in [1.82, 2.24) is 19.2 Å². The molecule has 1 amide bonds. The lowest BCUT2D eigenvalue weighted by atomic mass is 10.1. The Balaban J connectivity index is 1.65. The van der Waals surface area contributed by atoms with E-state index in [0.717, 1.165) is 16.7 Å². The zero-order chi connectivity index (χ0) is 19.0. The largest absolute Gasteiger partial charge is 0.352 e. The molecule has 0 saturated carbocycles. The molecule has 0 atom stereocenters. The molecule has 0 bridgehead atoms. The fourth-order valence-corrected chi connectivity index (χ4v) is 3.10. The molecule has 27 heavy (non-hydrogen) atoms. The van der Waals surface area contributed by atoms with Gasteiger partial charge in [0.15, 0.2) is 5.65 Å². The van der Waals surface area contributed by atoms with E-state index in [1.165, 1.54) is 10.7 Å². The summed E-state index contributed by atoms with van der Waals surface area (Å²) in [6.07, 6.45) is 2.27. The average molecular weight is 382 g/mol. The number of nitrogens with zero attached hydrogens (tertiary/aromatic N) is 4. The van der Waals surface area contributed by atoms with Crippen LogP contribution in [0.25, 0.3) is 16.6 Å². The molecule has 8 heteroatoms. The molecule has 4 aromatic rings. The number of hydrogen-bond acceptors (Lipinski definition) is 4. The van der Waals surface area contributed by atoms with Crippen LogP contribution >= 0.6 is 11.6 Å². The maximum absolute atomic E-state index is 12.5. The Bertz CT molecular complexity index is 1230. The van der Waals surface area contributed by atoms with Crippen molar-refractivity contribution in [1.29, 1.82) is 0 Å². The first kappa shape index (κ1) is 17.2. The molecular formula is C19H16ClN5O2. The minimum Gasteiger partial charge on any atom is -0.324 e. The Morgan fingerprint density at radius 3 is 2.89 bits per heavy atom. The van der Waals surface area contributed by atoms with Crippen molar-refractivity contribution in [2.45, 2.75) is 19.9 Å². The van der Waals surface area contributed by atoms with Gasteiger partial charge in [0.1, 0.15) is 12.9 Å². The van der Waals surface area contributed by atoms with Gasteiger partial charge in [0, 0.05) is 16.1 Å². The molecular weight excluding hydrogens is 366 g/mol. The Hall–Kier alpha value is -3.19. The van der Waals surface area contributed by atoms with E-state index in [0.29, 0.717) is 27.3 Å². The number of rotatable bonds is 4. The van der Waals surface area contributed by atoms with Crippen LogP contribution < -0.4 is 11.0 Å². The Kier molecular flexibility index (Phi) is 4.37. The third kappa shape index (κ3) is 3.29. The molecule has 2 aromatic heterocycles. The van der Waals surface area contributed by atoms with Crippen LogP contribution in [0, 0.1) is 0 Å². The summed E-state index contributed by atoms with van der Waals surface area (Å²) in [6.45, 7) is 1.86. The van der Waals surface area contributed by atoms with Gasteiger partial charge in [0.2, 0.25) is 5.91 Å². The molecule has 0 unspecified atom stereocenters. The number of aryl methyl sites for hydroxylation is 1. The van der Waals surface area contributed by atoms with Gasteiger partial charge >= 0.3 is 5.69 Å². The molecule has 0 aliphatic rings. The maximum Gasteiger partial charge on any atom is 0.352 e. The first-order valence-electron chi connectivity index (χ1n) is 8.47. The van der Waals surface area contributed by atoms with E-state index in [1.807, 2.05) is 31.2 Å². The Morgan fingerprint density at radius 1 is 1.22 bits per heavy atom. The zero-order valence-corrected chi connectivity index (χ0v) is 15.3. The van der Waals surface area contributed by atoms with Crippen molar-refractivity contribution < 1.29 is 4.79 Å². The van der Waals surface area contributed by atoms with Crippen molar-refractivity contribution in [3.05, 3.63) is 69.9 Å². The molecule has 2 aromatic carbocycles. The van der Waals surface area contributed by atoms with Gasteiger partial charge in [0.05, 0.1) is 5.52 Å². The van der Waals surface area contributed by atoms with Crippen LogP contribution in [0.5, 0.6) is 0 Å². The van der Waals surface area contributed by atoms with Crippen LogP contribution in [0.4, 0.5) is 5.69 Å². The zero-order valence-electron chi connectivity index (χ0n) is 14.5. The van der Waals surface area contributed by atoms with Gasteiger partial charge in [-0.3, -0.25) is 4.79 Å². The van der Waals surface area contributed by atoms with Crippen LogP contribution in [0.2, 0.25) is 5.02 Å². The lowest BCUT2D eigenvalue weighted by Gasteiger charge is -2.06. The third-order valence-corrected chi connectivity index (χ3v) is 4.53. The van der Waals surface area contributed by atoms with Crippen molar-refractivity contribution in [2.24, 2.45) is 0 Å². The summed E-state index contributed by atoms with van der Waals surface area (Å²) in [6, 6.07) is 12.8. The number of carbonyl (C=O) groups is 1. The summed E-state index contributed by atoms with van der Waals surface area (Å²) < 4.78 is 2.45. The summed E-state index contributed by atoms with van der Waals surface area (Å²) in [5.41, 5.74) is 2.45. The number of anilines is 1. The SMILES string of the molecule is CCc1cccc(NC(=O)Cn2nc3c4ccc(Cl)cc4ncn3c2=O)c1. The molecule has 0 fully saturated rings. The molecule has 0 aliphatic carbocycles. The quantitative estimate of drug-likeness (QED) is 0.589. The van der Waals surface area contributed by atoms with E-state index in [4.69, 9.17) is 11.6 Å². The van der Waals surface area contributed by atoms with Gasteiger partial charge in [-0.15, -0.1) is 5.10 Å². The number of benzene rings is 2. The number of amides is 1.